The molecule has 0 unspecified atom stereocenters. The molecule has 22 N–H and O–H groups in total. The van der Waals surface area contributed by atoms with E-state index in [1.54, 1.807) is 0 Å². The van der Waals surface area contributed by atoms with Gasteiger partial charge in [0, 0.05) is 73.7 Å². The van der Waals surface area contributed by atoms with Crippen LogP contribution in [0.1, 0.15) is 0 Å². The molecule has 0 bridgehead atoms. The molecule has 0 heterocycles. The first-order valence-corrected chi connectivity index (χ1v) is 6.29. The van der Waals surface area contributed by atoms with Gasteiger partial charge in [-0.05, 0) is 0 Å². The van der Waals surface area contributed by atoms with Crippen LogP contribution in [0.4, 0.5) is 0 Å². The van der Waals surface area contributed by atoms with Crippen LogP contribution in [0.2, 0.25) is 0 Å². The fraction of sp³-hybridized carbons (Fsp3) is 0. The number of hydrogen-bond acceptors (Lipinski definition) is 6. The van der Waals surface area contributed by atoms with Crippen molar-refractivity contribution in [3.63, 3.8) is 0 Å². The van der Waals surface area contributed by atoms with E-state index in [1.807, 2.05) is 0 Å². The maximum atomic E-state index is 8.74. The van der Waals surface area contributed by atoms with Crippen molar-refractivity contribution in [3.05, 3.63) is 0 Å². The van der Waals surface area contributed by atoms with Crippen LogP contribution in [-0.4, -0.2) is 96.4 Å². The minimum absolute atomic E-state index is 0. The molecule has 0 saturated carbocycles. The van der Waals surface area contributed by atoms with E-state index in [9.17, 15) is 0 Å². The molecule has 0 atom stereocenters. The van der Waals surface area contributed by atoms with Crippen LogP contribution >= 0.6 is 0 Å². The van der Waals surface area contributed by atoms with E-state index in [-0.39, 0.29) is 118 Å². The van der Waals surface area contributed by atoms with Crippen LogP contribution < -0.4 is 0 Å². The molecule has 0 aliphatic heterocycles. The second kappa shape index (κ2) is 40.4. The maximum absolute atomic E-state index is 8.74. The first-order valence-electron chi connectivity index (χ1n) is 2.10. The third-order valence-corrected chi connectivity index (χ3v) is 0. The molecule has 0 rings (SSSR count). The summed E-state index contributed by atoms with van der Waals surface area (Å²) in [6, 6.07) is 0. The smallest absolute Gasteiger partial charge is 0.394 e. The van der Waals surface area contributed by atoms with Crippen molar-refractivity contribution in [2.24, 2.45) is 0 Å². The molecule has 0 spiro atoms. The summed E-state index contributed by atoms with van der Waals surface area (Å²) in [4.78, 5) is 0. The Morgan fingerprint density at radius 3 is 0.320 bits per heavy atom. The Morgan fingerprint density at radius 1 is 0.320 bits per heavy atom. The quantitative estimate of drug-likeness (QED) is 0.125. The van der Waals surface area contributed by atoms with Gasteiger partial charge in [-0.2, -0.15) is 25.3 Å². The summed E-state index contributed by atoms with van der Waals surface area (Å²) < 4.78 is 94.8. The largest absolute Gasteiger partial charge is 0.412 e. The molecule has 0 aromatic rings. The van der Waals surface area contributed by atoms with Gasteiger partial charge in [0.05, 0.1) is 0 Å². The molecule has 0 aromatic heterocycles. The Morgan fingerprint density at radius 2 is 0.320 bits per heavy atom. The van der Waals surface area contributed by atoms with Crippen LogP contribution in [0.15, 0.2) is 0 Å². The van der Waals surface area contributed by atoms with E-state index in [4.69, 9.17) is 52.6 Å². The average Bonchev–Trinajstić information content (AvgIpc) is 1.41. The first kappa shape index (κ1) is 93.8. The van der Waals surface area contributed by atoms with Gasteiger partial charge in [-0.3, -0.25) is 27.3 Å². The number of hydrogen-bond donors (Lipinski definition) is 6. The minimum atomic E-state index is -4.67. The first-order chi connectivity index (χ1) is 6.00. The normalized spacial score (nSPS) is 6.96. The Balaban J connectivity index is -0.00000000655. The van der Waals surface area contributed by atoms with E-state index in [0.717, 1.165) is 0 Å². The molecule has 2 radical (unpaired) electrons. The van der Waals surface area contributed by atoms with Crippen molar-refractivity contribution in [1.82, 2.24) is 0 Å². The zero-order valence-corrected chi connectivity index (χ0v) is 16.9. The third-order valence-electron chi connectivity index (χ3n) is 0. The Labute approximate surface area is 199 Å². The predicted molar refractivity (Wildman–Crippen MR) is 71.4 cm³/mol. The predicted octanol–water partition coefficient (Wildman–Crippen LogP) is -8.56. The second-order valence-corrected chi connectivity index (χ2v) is 4.03. The summed E-state index contributed by atoms with van der Waals surface area (Å²) in [5.74, 6) is 0. The van der Waals surface area contributed by atoms with Crippen LogP contribution in [0.5, 0.6) is 0 Å². The third kappa shape index (κ3) is 4710. The standard InChI is InChI=1S/3H2O4S.8H2O.2Tm/c3*1-5(2,3)4;;;;;;;;;;/h3*(H2,1,2,3,4);8*1H2;;. The molecule has 0 aliphatic rings. The van der Waals surface area contributed by atoms with Crippen molar-refractivity contribution < 1.29 is 170 Å². The fourth-order valence-corrected chi connectivity index (χ4v) is 0. The molecular weight excluding hydrogens is 754 g/mol. The molecule has 0 amide bonds. The van der Waals surface area contributed by atoms with Gasteiger partial charge in [-0.1, -0.05) is 0 Å². The summed E-state index contributed by atoms with van der Waals surface area (Å²) >= 11 is 0. The molecule has 0 fully saturated rings. The molecule has 0 saturated heterocycles. The van der Waals surface area contributed by atoms with Crippen LogP contribution in [0, 0.1) is 73.7 Å². The van der Waals surface area contributed by atoms with E-state index >= 15 is 0 Å². The molecule has 0 aromatic carbocycles. The number of rotatable bonds is 0. The van der Waals surface area contributed by atoms with Gasteiger partial charge in [-0.15, -0.1) is 0 Å². The van der Waals surface area contributed by atoms with E-state index in [2.05, 4.69) is 0 Å². The molecule has 0 aliphatic carbocycles. The Kier molecular flexibility index (Phi) is 152. The van der Waals surface area contributed by atoms with Crippen molar-refractivity contribution in [1.29, 1.82) is 0 Å². The molecular formula is H22O20S3Tm2. The minimum Gasteiger partial charge on any atom is -0.412 e. The van der Waals surface area contributed by atoms with E-state index < -0.39 is 31.2 Å². The van der Waals surface area contributed by atoms with Gasteiger partial charge in [0.1, 0.15) is 0 Å². The van der Waals surface area contributed by atoms with Crippen LogP contribution in [0.25, 0.3) is 0 Å². The molecule has 20 nitrogen and oxygen atoms in total. The fourth-order valence-electron chi connectivity index (χ4n) is 0. The van der Waals surface area contributed by atoms with Crippen LogP contribution in [0.3, 0.4) is 0 Å². The van der Waals surface area contributed by atoms with Gasteiger partial charge in [-0.25, -0.2) is 0 Å². The van der Waals surface area contributed by atoms with Gasteiger partial charge in [0.2, 0.25) is 0 Å². The SMILES string of the molecule is O.O.O.O.O.O.O.O.O=S(=O)(O)O.O=S(=O)(O)O.O=S(=O)(O)O.[Tm].[Tm]. The molecule has 186 valence electrons. The van der Waals surface area contributed by atoms with Crippen molar-refractivity contribution in [3.8, 4) is 0 Å². The van der Waals surface area contributed by atoms with Gasteiger partial charge in [0.15, 0.2) is 0 Å². The zero-order valence-electron chi connectivity index (χ0n) is 10.9. The summed E-state index contributed by atoms with van der Waals surface area (Å²) in [5.41, 5.74) is 0. The summed E-state index contributed by atoms with van der Waals surface area (Å²) in [7, 11) is -14.0. The van der Waals surface area contributed by atoms with E-state index in [1.165, 1.54) is 0 Å². The van der Waals surface area contributed by atoms with Crippen molar-refractivity contribution in [2.45, 2.75) is 0 Å². The van der Waals surface area contributed by atoms with Crippen LogP contribution in [-0.2, 0) is 31.2 Å². The Hall–Kier alpha value is 1.76. The van der Waals surface area contributed by atoms with Gasteiger partial charge < -0.3 is 43.8 Å². The van der Waals surface area contributed by atoms with Crippen molar-refractivity contribution >= 4 is 31.2 Å². The van der Waals surface area contributed by atoms with Gasteiger partial charge >= 0.3 is 31.2 Å². The van der Waals surface area contributed by atoms with Crippen molar-refractivity contribution in [2.75, 3.05) is 0 Å². The zero-order chi connectivity index (χ0) is 13.5. The summed E-state index contributed by atoms with van der Waals surface area (Å²) in [6.07, 6.45) is 0. The Bertz CT molecular complexity index is 344. The molecule has 25 heteroatoms. The second-order valence-electron chi connectivity index (χ2n) is 1.34. The average molecular weight is 776 g/mol. The molecule has 25 heavy (non-hydrogen) atoms. The topological polar surface area (TPSA) is 476 Å². The van der Waals surface area contributed by atoms with Gasteiger partial charge in [0.25, 0.3) is 0 Å². The summed E-state index contributed by atoms with van der Waals surface area (Å²) in [5, 5.41) is 0. The monoisotopic (exact) mass is 776 g/mol. The van der Waals surface area contributed by atoms with E-state index in [0.29, 0.717) is 0 Å². The summed E-state index contributed by atoms with van der Waals surface area (Å²) in [6.45, 7) is 0. The maximum Gasteiger partial charge on any atom is 0.394 e.